The molecule has 0 aliphatic heterocycles. The van der Waals surface area contributed by atoms with Gasteiger partial charge in [-0.05, 0) is 12.1 Å². The average molecular weight is 260 g/mol. The molecule has 1 aromatic heterocycles. The van der Waals surface area contributed by atoms with Gasteiger partial charge in [0.1, 0.15) is 12.1 Å². The molecular weight excluding hydrogens is 252 g/mol. The van der Waals surface area contributed by atoms with E-state index in [-0.39, 0.29) is 11.6 Å². The Morgan fingerprint density at radius 2 is 2.12 bits per heavy atom. The van der Waals surface area contributed by atoms with Crippen molar-refractivity contribution in [3.63, 3.8) is 0 Å². The summed E-state index contributed by atoms with van der Waals surface area (Å²) >= 11 is 5.67. The van der Waals surface area contributed by atoms with Crippen molar-refractivity contribution in [2.45, 2.75) is 12.5 Å². The van der Waals surface area contributed by atoms with Gasteiger partial charge in [-0.15, -0.1) is 21.8 Å². The molecule has 0 fully saturated rings. The van der Waals surface area contributed by atoms with Crippen LogP contribution in [0, 0.1) is 0 Å². The van der Waals surface area contributed by atoms with E-state index in [4.69, 9.17) is 11.6 Å². The monoisotopic (exact) mass is 259 g/mol. The van der Waals surface area contributed by atoms with Crippen LogP contribution in [0.2, 0.25) is 0 Å². The summed E-state index contributed by atoms with van der Waals surface area (Å²) in [6.07, 6.45) is 1.39. The SMILES string of the molecule is FC(F)Oc1ccccc1-n1cnnc1CCl. The standard InChI is InChI=1S/C10H8ClF2N3O/c11-5-9-15-14-6-16(9)7-3-1-2-4-8(7)17-10(12)13/h1-4,6,10H,5H2. The van der Waals surface area contributed by atoms with Crippen LogP contribution in [0.5, 0.6) is 5.75 Å². The molecule has 0 amide bonds. The van der Waals surface area contributed by atoms with Gasteiger partial charge in [0.2, 0.25) is 0 Å². The second-order valence-electron chi connectivity index (χ2n) is 3.10. The summed E-state index contributed by atoms with van der Waals surface area (Å²) in [6, 6.07) is 6.37. The predicted molar refractivity (Wildman–Crippen MR) is 57.5 cm³/mol. The van der Waals surface area contributed by atoms with E-state index in [1.165, 1.54) is 17.0 Å². The van der Waals surface area contributed by atoms with Gasteiger partial charge < -0.3 is 4.74 Å². The predicted octanol–water partition coefficient (Wildman–Crippen LogP) is 2.61. The molecule has 90 valence electrons. The first-order chi connectivity index (χ1) is 8.22. The number of hydrogen-bond donors (Lipinski definition) is 0. The highest BCUT2D eigenvalue weighted by molar-refractivity contribution is 6.16. The van der Waals surface area contributed by atoms with Crippen LogP contribution in [-0.4, -0.2) is 21.4 Å². The molecule has 0 aliphatic rings. The Bertz CT molecular complexity index is 504. The average Bonchev–Trinajstić information content (AvgIpc) is 2.77. The summed E-state index contributed by atoms with van der Waals surface area (Å²) in [4.78, 5) is 0. The number of halogens is 3. The third-order valence-electron chi connectivity index (χ3n) is 2.08. The molecule has 2 aromatic rings. The number of hydrogen-bond acceptors (Lipinski definition) is 3. The van der Waals surface area contributed by atoms with E-state index in [1.54, 1.807) is 18.2 Å². The normalized spacial score (nSPS) is 10.8. The van der Waals surface area contributed by atoms with E-state index in [9.17, 15) is 8.78 Å². The fourth-order valence-electron chi connectivity index (χ4n) is 1.40. The number of benzene rings is 1. The van der Waals surface area contributed by atoms with Crippen molar-refractivity contribution in [1.82, 2.24) is 14.8 Å². The number of para-hydroxylation sites is 2. The maximum absolute atomic E-state index is 12.2. The summed E-state index contributed by atoms with van der Waals surface area (Å²) in [5.74, 6) is 0.633. The Labute approximate surface area is 101 Å². The van der Waals surface area contributed by atoms with E-state index in [0.717, 1.165) is 0 Å². The topological polar surface area (TPSA) is 39.9 Å². The molecule has 0 saturated heterocycles. The van der Waals surface area contributed by atoms with Gasteiger partial charge >= 0.3 is 6.61 Å². The van der Waals surface area contributed by atoms with Crippen molar-refractivity contribution >= 4 is 11.6 Å². The first-order valence-corrected chi connectivity index (χ1v) is 5.25. The van der Waals surface area contributed by atoms with Gasteiger partial charge in [0.25, 0.3) is 0 Å². The largest absolute Gasteiger partial charge is 0.433 e. The minimum absolute atomic E-state index is 0.0497. The molecule has 7 heteroatoms. The van der Waals surface area contributed by atoms with Gasteiger partial charge in [0.15, 0.2) is 5.82 Å². The zero-order valence-electron chi connectivity index (χ0n) is 8.55. The van der Waals surface area contributed by atoms with Crippen molar-refractivity contribution in [3.8, 4) is 11.4 Å². The number of aromatic nitrogens is 3. The quantitative estimate of drug-likeness (QED) is 0.793. The molecular formula is C10H8ClF2N3O. The Kier molecular flexibility index (Phi) is 3.53. The third-order valence-corrected chi connectivity index (χ3v) is 2.32. The van der Waals surface area contributed by atoms with Crippen LogP contribution in [0.1, 0.15) is 5.82 Å². The van der Waals surface area contributed by atoms with Gasteiger partial charge in [-0.2, -0.15) is 8.78 Å². The molecule has 0 N–H and O–H groups in total. The molecule has 1 aromatic carbocycles. The molecule has 1 heterocycles. The molecule has 17 heavy (non-hydrogen) atoms. The number of ether oxygens (including phenoxy) is 1. The third kappa shape index (κ3) is 2.52. The lowest BCUT2D eigenvalue weighted by molar-refractivity contribution is -0.0498. The summed E-state index contributed by atoms with van der Waals surface area (Å²) in [5, 5.41) is 7.44. The maximum atomic E-state index is 12.2. The molecule has 0 spiro atoms. The van der Waals surface area contributed by atoms with Crippen molar-refractivity contribution in [2.75, 3.05) is 0 Å². The lowest BCUT2D eigenvalue weighted by atomic mass is 10.3. The number of rotatable bonds is 4. The fourth-order valence-corrected chi connectivity index (χ4v) is 1.59. The second-order valence-corrected chi connectivity index (χ2v) is 3.36. The molecule has 0 radical (unpaired) electrons. The van der Waals surface area contributed by atoms with E-state index in [1.807, 2.05) is 0 Å². The molecule has 2 rings (SSSR count). The van der Waals surface area contributed by atoms with Gasteiger partial charge in [0, 0.05) is 0 Å². The Morgan fingerprint density at radius 3 is 2.82 bits per heavy atom. The van der Waals surface area contributed by atoms with Gasteiger partial charge in [-0.25, -0.2) is 0 Å². The smallest absolute Gasteiger partial charge is 0.387 e. The maximum Gasteiger partial charge on any atom is 0.387 e. The van der Waals surface area contributed by atoms with Gasteiger partial charge in [-0.3, -0.25) is 4.57 Å². The van der Waals surface area contributed by atoms with Gasteiger partial charge in [0.05, 0.1) is 11.6 Å². The van der Waals surface area contributed by atoms with E-state index in [0.29, 0.717) is 11.5 Å². The van der Waals surface area contributed by atoms with Crippen LogP contribution in [0.25, 0.3) is 5.69 Å². The minimum Gasteiger partial charge on any atom is -0.433 e. The van der Waals surface area contributed by atoms with Crippen LogP contribution >= 0.6 is 11.6 Å². The Morgan fingerprint density at radius 1 is 1.35 bits per heavy atom. The fraction of sp³-hybridized carbons (Fsp3) is 0.200. The Balaban J connectivity index is 2.44. The molecule has 0 bridgehead atoms. The zero-order valence-corrected chi connectivity index (χ0v) is 9.31. The van der Waals surface area contributed by atoms with Crippen LogP contribution in [0.3, 0.4) is 0 Å². The second kappa shape index (κ2) is 5.09. The summed E-state index contributed by atoms with van der Waals surface area (Å²) in [5.41, 5.74) is 0.424. The minimum atomic E-state index is -2.88. The number of nitrogens with zero attached hydrogens (tertiary/aromatic N) is 3. The zero-order chi connectivity index (χ0) is 12.3. The highest BCUT2D eigenvalue weighted by atomic mass is 35.5. The lowest BCUT2D eigenvalue weighted by Gasteiger charge is -2.11. The van der Waals surface area contributed by atoms with Crippen molar-refractivity contribution in [1.29, 1.82) is 0 Å². The first kappa shape index (κ1) is 11.8. The molecule has 0 unspecified atom stereocenters. The lowest BCUT2D eigenvalue weighted by Crippen LogP contribution is -2.06. The van der Waals surface area contributed by atoms with Crippen molar-refractivity contribution in [3.05, 3.63) is 36.4 Å². The molecule has 0 saturated carbocycles. The molecule has 0 aliphatic carbocycles. The highest BCUT2D eigenvalue weighted by Gasteiger charge is 2.13. The van der Waals surface area contributed by atoms with Crippen LogP contribution in [0.4, 0.5) is 8.78 Å². The van der Waals surface area contributed by atoms with Crippen LogP contribution in [-0.2, 0) is 5.88 Å². The van der Waals surface area contributed by atoms with Crippen LogP contribution in [0.15, 0.2) is 30.6 Å². The molecule has 0 atom stereocenters. The van der Waals surface area contributed by atoms with E-state index >= 15 is 0 Å². The molecule has 4 nitrogen and oxygen atoms in total. The highest BCUT2D eigenvalue weighted by Crippen LogP contribution is 2.25. The van der Waals surface area contributed by atoms with Crippen molar-refractivity contribution < 1.29 is 13.5 Å². The summed E-state index contributed by atoms with van der Waals surface area (Å²) in [6.45, 7) is -2.88. The van der Waals surface area contributed by atoms with Crippen molar-refractivity contribution in [2.24, 2.45) is 0 Å². The summed E-state index contributed by atoms with van der Waals surface area (Å²) in [7, 11) is 0. The Hall–Kier alpha value is -1.69. The van der Waals surface area contributed by atoms with Gasteiger partial charge in [-0.1, -0.05) is 12.1 Å². The van der Waals surface area contributed by atoms with E-state index in [2.05, 4.69) is 14.9 Å². The first-order valence-electron chi connectivity index (χ1n) is 4.71. The van der Waals surface area contributed by atoms with E-state index < -0.39 is 6.61 Å². The van der Waals surface area contributed by atoms with Crippen LogP contribution < -0.4 is 4.74 Å². The number of alkyl halides is 3. The summed E-state index contributed by atoms with van der Waals surface area (Å²) < 4.78 is 30.4.